The van der Waals surface area contributed by atoms with Crippen molar-refractivity contribution in [3.05, 3.63) is 23.1 Å². The Morgan fingerprint density at radius 2 is 2.29 bits per heavy atom. The molecule has 0 N–H and O–H groups in total. The van der Waals surface area contributed by atoms with E-state index in [2.05, 4.69) is 4.86 Å². The fourth-order valence-corrected chi connectivity index (χ4v) is 1.76. The molecule has 0 saturated carbocycles. The summed E-state index contributed by atoms with van der Waals surface area (Å²) < 4.78 is 1.01. The number of allylic oxidation sites excluding steroid dienone is 3. The Labute approximate surface area is 54.1 Å². The van der Waals surface area contributed by atoms with Gasteiger partial charge in [0.05, 0.1) is 0 Å². The molecule has 1 aliphatic heterocycles. The molecule has 0 radical (unpaired) electrons. The average Bonchev–Trinajstić information content (AvgIpc) is 1.69. The van der Waals surface area contributed by atoms with E-state index in [0.717, 1.165) is 3.76 Å². The van der Waals surface area contributed by atoms with Crippen molar-refractivity contribution in [3.63, 3.8) is 0 Å². The van der Waals surface area contributed by atoms with Crippen LogP contribution in [0.2, 0.25) is 0 Å². The van der Waals surface area contributed by atoms with Gasteiger partial charge in [0.1, 0.15) is 0 Å². The molecule has 0 aliphatic carbocycles. The van der Waals surface area contributed by atoms with Gasteiger partial charge in [-0.2, -0.15) is 0 Å². The van der Waals surface area contributed by atoms with E-state index in [1.807, 2.05) is 18.2 Å². The van der Waals surface area contributed by atoms with Crippen molar-refractivity contribution in [2.45, 2.75) is 0 Å². The molecule has 0 nitrogen and oxygen atoms in total. The van der Waals surface area contributed by atoms with Crippen LogP contribution in [-0.4, -0.2) is 19.1 Å². The normalized spacial score (nSPS) is 19.3. The SMILES string of the molecule is ClC1=[As]C=CC=C1. The van der Waals surface area contributed by atoms with E-state index in [9.17, 15) is 0 Å². The van der Waals surface area contributed by atoms with E-state index in [1.165, 1.54) is 0 Å². The minimum absolute atomic E-state index is 0.190. The van der Waals surface area contributed by atoms with E-state index in [1.54, 1.807) is 0 Å². The number of hydrogen-bond acceptors (Lipinski definition) is 0. The van der Waals surface area contributed by atoms with Crippen LogP contribution in [0.1, 0.15) is 0 Å². The Bertz CT molecular complexity index is 144. The molecule has 0 amide bonds. The molecule has 1 rings (SSSR count). The van der Waals surface area contributed by atoms with Crippen LogP contribution in [0.15, 0.2) is 23.1 Å². The molecule has 1 aliphatic rings. The van der Waals surface area contributed by atoms with E-state index >= 15 is 0 Å². The Balaban J connectivity index is 2.82. The summed E-state index contributed by atoms with van der Waals surface area (Å²) in [5.41, 5.74) is 0. The first-order valence-electron chi connectivity index (χ1n) is 1.96. The Hall–Kier alpha value is 0.198. The first-order chi connectivity index (χ1) is 3.39. The number of halogens is 1. The van der Waals surface area contributed by atoms with Crippen LogP contribution >= 0.6 is 11.6 Å². The van der Waals surface area contributed by atoms with Crippen LogP contribution in [0.5, 0.6) is 0 Å². The van der Waals surface area contributed by atoms with Crippen LogP contribution in [0.4, 0.5) is 0 Å². The number of hydrogen-bond donors (Lipinski definition) is 0. The van der Waals surface area contributed by atoms with Crippen molar-refractivity contribution < 1.29 is 0 Å². The second-order valence-electron chi connectivity index (χ2n) is 1.15. The van der Waals surface area contributed by atoms with Crippen LogP contribution in [0, 0.1) is 0 Å². The average molecular weight is 174 g/mol. The van der Waals surface area contributed by atoms with Crippen molar-refractivity contribution in [2.75, 3.05) is 0 Å². The van der Waals surface area contributed by atoms with E-state index in [-0.39, 0.29) is 15.3 Å². The van der Waals surface area contributed by atoms with E-state index in [4.69, 9.17) is 11.6 Å². The predicted molar refractivity (Wildman–Crippen MR) is 34.9 cm³/mol. The van der Waals surface area contributed by atoms with Gasteiger partial charge in [-0.05, 0) is 0 Å². The fraction of sp³-hybridized carbons (Fsp3) is 0. The fourth-order valence-electron chi connectivity index (χ4n) is 0.342. The van der Waals surface area contributed by atoms with Crippen molar-refractivity contribution in [3.8, 4) is 0 Å². The van der Waals surface area contributed by atoms with Crippen LogP contribution < -0.4 is 0 Å². The van der Waals surface area contributed by atoms with E-state index < -0.39 is 0 Å². The van der Waals surface area contributed by atoms with Crippen LogP contribution in [-0.2, 0) is 0 Å². The predicted octanol–water partition coefficient (Wildman–Crippen LogP) is 1.14. The summed E-state index contributed by atoms with van der Waals surface area (Å²) in [6.07, 6.45) is 5.94. The van der Waals surface area contributed by atoms with Gasteiger partial charge < -0.3 is 0 Å². The van der Waals surface area contributed by atoms with Crippen LogP contribution in [0.25, 0.3) is 0 Å². The van der Waals surface area contributed by atoms with Gasteiger partial charge in [0.15, 0.2) is 0 Å². The molecule has 0 bridgehead atoms. The van der Waals surface area contributed by atoms with Gasteiger partial charge >= 0.3 is 53.8 Å². The molecule has 2 heteroatoms. The van der Waals surface area contributed by atoms with Gasteiger partial charge in [-0.25, -0.2) is 0 Å². The maximum absolute atomic E-state index is 5.64. The molecule has 0 saturated heterocycles. The minimum atomic E-state index is 0.190. The second kappa shape index (κ2) is 2.49. The maximum atomic E-state index is 5.64. The first-order valence-corrected chi connectivity index (χ1v) is 4.36. The van der Waals surface area contributed by atoms with Gasteiger partial charge in [-0.1, -0.05) is 0 Å². The van der Waals surface area contributed by atoms with Crippen LogP contribution in [0.3, 0.4) is 0 Å². The zero-order valence-electron chi connectivity index (χ0n) is 3.63. The standard InChI is InChI=1S/C5H4AsCl/c7-5-3-1-2-4-6-5/h1-4H. The molecule has 0 aromatic heterocycles. The Morgan fingerprint density at radius 1 is 1.43 bits per heavy atom. The molecular formula is C5H4AsCl. The summed E-state index contributed by atoms with van der Waals surface area (Å²) in [4.78, 5) is 2.12. The Kier molecular flexibility index (Phi) is 1.90. The monoisotopic (exact) mass is 174 g/mol. The van der Waals surface area contributed by atoms with Crippen molar-refractivity contribution in [1.29, 1.82) is 0 Å². The summed E-state index contributed by atoms with van der Waals surface area (Å²) in [5.74, 6) is 0. The molecule has 0 atom stereocenters. The molecule has 0 fully saturated rings. The molecule has 0 spiro atoms. The third kappa shape index (κ3) is 1.63. The first kappa shape index (κ1) is 5.34. The summed E-state index contributed by atoms with van der Waals surface area (Å²) in [5, 5.41) is 0. The van der Waals surface area contributed by atoms with Gasteiger partial charge in [0.2, 0.25) is 0 Å². The Morgan fingerprint density at radius 3 is 2.57 bits per heavy atom. The number of rotatable bonds is 0. The van der Waals surface area contributed by atoms with Crippen molar-refractivity contribution in [2.24, 2.45) is 0 Å². The third-order valence-electron chi connectivity index (χ3n) is 0.629. The molecule has 36 valence electrons. The molecule has 0 aromatic carbocycles. The topological polar surface area (TPSA) is 0 Å². The third-order valence-corrected chi connectivity index (χ3v) is 2.77. The van der Waals surface area contributed by atoms with Crippen molar-refractivity contribution in [1.82, 2.24) is 0 Å². The van der Waals surface area contributed by atoms with Gasteiger partial charge in [0, 0.05) is 0 Å². The molecule has 0 aromatic rings. The summed E-state index contributed by atoms with van der Waals surface area (Å²) >= 11 is 5.83. The molecule has 1 heterocycles. The zero-order chi connectivity index (χ0) is 5.11. The molecule has 0 unspecified atom stereocenters. The quantitative estimate of drug-likeness (QED) is 0.483. The molecular weight excluding hydrogens is 170 g/mol. The summed E-state index contributed by atoms with van der Waals surface area (Å²) in [6.45, 7) is 0. The zero-order valence-corrected chi connectivity index (χ0v) is 6.27. The molecule has 7 heavy (non-hydrogen) atoms. The van der Waals surface area contributed by atoms with Gasteiger partial charge in [-0.3, -0.25) is 0 Å². The van der Waals surface area contributed by atoms with E-state index in [0.29, 0.717) is 0 Å². The van der Waals surface area contributed by atoms with Crippen molar-refractivity contribution >= 4 is 30.7 Å². The summed E-state index contributed by atoms with van der Waals surface area (Å²) in [7, 11) is 0. The van der Waals surface area contributed by atoms with Gasteiger partial charge in [-0.15, -0.1) is 0 Å². The second-order valence-corrected chi connectivity index (χ2v) is 4.31. The summed E-state index contributed by atoms with van der Waals surface area (Å²) in [6, 6.07) is 0. The van der Waals surface area contributed by atoms with Gasteiger partial charge in [0.25, 0.3) is 0 Å².